The quantitative estimate of drug-likeness (QED) is 0.149. The molecular formula is C8H20O10P2. The summed E-state index contributed by atoms with van der Waals surface area (Å²) >= 11 is 0. The van der Waals surface area contributed by atoms with Crippen molar-refractivity contribution < 1.29 is 50.4 Å². The van der Waals surface area contributed by atoms with Gasteiger partial charge in [-0.25, -0.2) is 9.59 Å². The summed E-state index contributed by atoms with van der Waals surface area (Å²) < 4.78 is 0. The van der Waals surface area contributed by atoms with E-state index in [1.54, 1.807) is 13.3 Å². The maximum Gasteiger partial charge on any atom is 0.414 e. The van der Waals surface area contributed by atoms with Gasteiger partial charge in [-0.1, -0.05) is 17.2 Å². The van der Waals surface area contributed by atoms with Gasteiger partial charge in [-0.15, -0.1) is 0 Å². The first kappa shape index (κ1) is 24.6. The Balaban J connectivity index is -0.000000218. The van der Waals surface area contributed by atoms with E-state index in [0.29, 0.717) is 0 Å². The summed E-state index contributed by atoms with van der Waals surface area (Å²) in [5.41, 5.74) is -3.67. The number of aliphatic hydroxyl groups is 6. The van der Waals surface area contributed by atoms with E-state index >= 15 is 0 Å². The highest BCUT2D eigenvalue weighted by atomic mass is 31.1. The summed E-state index contributed by atoms with van der Waals surface area (Å²) in [5, 5.41) is 64.8. The van der Waals surface area contributed by atoms with Gasteiger partial charge in [0.05, 0.1) is 0 Å². The largest absolute Gasteiger partial charge is 0.473 e. The molecule has 0 bridgehead atoms. The average molecular weight is 338 g/mol. The zero-order chi connectivity index (χ0) is 17.0. The number of carboxylic acids is 2. The minimum Gasteiger partial charge on any atom is -0.473 e. The van der Waals surface area contributed by atoms with Gasteiger partial charge in [-0.05, 0) is 13.3 Å². The molecule has 20 heavy (non-hydrogen) atoms. The molecule has 2 atom stereocenters. The van der Waals surface area contributed by atoms with E-state index in [2.05, 4.69) is 0 Å². The van der Waals surface area contributed by atoms with Crippen molar-refractivity contribution in [3.05, 3.63) is 0 Å². The van der Waals surface area contributed by atoms with Crippen molar-refractivity contribution in [3.8, 4) is 0 Å². The predicted octanol–water partition coefficient (Wildman–Crippen LogP) is -2.99. The van der Waals surface area contributed by atoms with Gasteiger partial charge in [0.15, 0.2) is 0 Å². The Morgan fingerprint density at radius 2 is 1.00 bits per heavy atom. The van der Waals surface area contributed by atoms with E-state index in [1.807, 2.05) is 0 Å². The van der Waals surface area contributed by atoms with Crippen LogP contribution in [0.5, 0.6) is 0 Å². The van der Waals surface area contributed by atoms with E-state index in [9.17, 15) is 0 Å². The number of carbonyl (C=O) groups is 2. The number of hydrogen-bond acceptors (Lipinski definition) is 8. The maximum absolute atomic E-state index is 9.10. The molecule has 12 heteroatoms. The zero-order valence-electron chi connectivity index (χ0n) is 10.8. The van der Waals surface area contributed by atoms with Gasteiger partial charge in [0.1, 0.15) is 13.2 Å². The molecule has 0 aliphatic carbocycles. The van der Waals surface area contributed by atoms with Gasteiger partial charge in [0.25, 0.3) is 0 Å². The van der Waals surface area contributed by atoms with Gasteiger partial charge < -0.3 is 40.9 Å². The van der Waals surface area contributed by atoms with E-state index in [-0.39, 0.29) is 17.2 Å². The molecule has 2 unspecified atom stereocenters. The van der Waals surface area contributed by atoms with E-state index in [0.717, 1.165) is 0 Å². The molecule has 8 N–H and O–H groups in total. The van der Waals surface area contributed by atoms with Crippen LogP contribution in [-0.4, -0.2) is 90.4 Å². The monoisotopic (exact) mass is 338 g/mol. The van der Waals surface area contributed by atoms with Crippen LogP contribution < -0.4 is 0 Å². The van der Waals surface area contributed by atoms with Crippen molar-refractivity contribution in [2.75, 3.05) is 26.5 Å². The van der Waals surface area contributed by atoms with Gasteiger partial charge >= 0.3 is 11.9 Å². The smallest absolute Gasteiger partial charge is 0.414 e. The minimum atomic E-state index is -1.83. The Kier molecular flexibility index (Phi) is 15.1. The molecule has 0 heterocycles. The Labute approximate surface area is 118 Å². The van der Waals surface area contributed by atoms with Gasteiger partial charge in [-0.2, -0.15) is 0 Å². The number of aliphatic carboxylic acids is 2. The van der Waals surface area contributed by atoms with Crippen LogP contribution in [0.15, 0.2) is 0 Å². The molecule has 122 valence electrons. The van der Waals surface area contributed by atoms with Crippen molar-refractivity contribution in [1.82, 2.24) is 0 Å². The SMILES string of the molecule is CPC(O)(O)CO.CPC(O)(O)CO.O=C(O)C(=O)O. The van der Waals surface area contributed by atoms with E-state index < -0.39 is 36.2 Å². The van der Waals surface area contributed by atoms with Crippen LogP contribution in [0.3, 0.4) is 0 Å². The van der Waals surface area contributed by atoms with Gasteiger partial charge in [-0.3, -0.25) is 0 Å². The molecule has 0 amide bonds. The summed E-state index contributed by atoms with van der Waals surface area (Å²) in [5.74, 6) is -3.65. The second-order valence-electron chi connectivity index (χ2n) is 3.06. The second kappa shape index (κ2) is 12.3. The summed E-state index contributed by atoms with van der Waals surface area (Å²) in [7, 11) is -0.109. The molecule has 0 aromatic rings. The van der Waals surface area contributed by atoms with Crippen LogP contribution in [0.1, 0.15) is 0 Å². The first-order chi connectivity index (χ1) is 8.89. The maximum atomic E-state index is 9.10. The topological polar surface area (TPSA) is 196 Å². The second-order valence-corrected chi connectivity index (χ2v) is 5.66. The lowest BCUT2D eigenvalue weighted by Gasteiger charge is -2.14. The van der Waals surface area contributed by atoms with E-state index in [4.69, 9.17) is 50.4 Å². The number of carboxylic acid groups (broad SMARTS) is 2. The minimum absolute atomic E-state index is 0.0544. The van der Waals surface area contributed by atoms with Crippen molar-refractivity contribution >= 4 is 29.1 Å². The lowest BCUT2D eigenvalue weighted by atomic mass is 10.7. The Bertz CT molecular complexity index is 240. The summed E-state index contributed by atoms with van der Waals surface area (Å²) in [6.45, 7) is 2.05. The average Bonchev–Trinajstić information content (AvgIpc) is 2.40. The van der Waals surface area contributed by atoms with Crippen molar-refractivity contribution in [2.24, 2.45) is 0 Å². The molecular weight excluding hydrogens is 318 g/mol. The zero-order valence-corrected chi connectivity index (χ0v) is 12.8. The molecule has 10 nitrogen and oxygen atoms in total. The van der Waals surface area contributed by atoms with Crippen LogP contribution in [0.2, 0.25) is 0 Å². The van der Waals surface area contributed by atoms with Gasteiger partial charge in [0.2, 0.25) is 11.1 Å². The third kappa shape index (κ3) is 19.9. The van der Waals surface area contributed by atoms with E-state index in [1.165, 1.54) is 0 Å². The molecule has 0 saturated heterocycles. The number of rotatable bonds is 4. The molecule has 0 spiro atoms. The molecule has 0 aliphatic heterocycles. The first-order valence-corrected chi connectivity index (χ1v) is 7.84. The van der Waals surface area contributed by atoms with Crippen molar-refractivity contribution in [1.29, 1.82) is 0 Å². The third-order valence-electron chi connectivity index (χ3n) is 1.42. The predicted molar refractivity (Wildman–Crippen MR) is 72.3 cm³/mol. The fourth-order valence-electron chi connectivity index (χ4n) is 0.158. The Hall–Kier alpha value is -0.440. The summed E-state index contributed by atoms with van der Waals surface area (Å²) in [4.78, 5) is 18.2. The molecule has 0 radical (unpaired) electrons. The molecule has 0 rings (SSSR count). The lowest BCUT2D eigenvalue weighted by Crippen LogP contribution is -2.25. The molecule has 0 saturated carbocycles. The normalized spacial score (nSPS) is 11.8. The molecule has 0 aliphatic rings. The van der Waals surface area contributed by atoms with Crippen LogP contribution >= 0.6 is 17.2 Å². The summed E-state index contributed by atoms with van der Waals surface area (Å²) in [6, 6.07) is 0. The van der Waals surface area contributed by atoms with Crippen LogP contribution in [-0.2, 0) is 9.59 Å². The first-order valence-electron chi connectivity index (χ1n) is 4.84. The fraction of sp³-hybridized carbons (Fsp3) is 0.750. The highest BCUT2D eigenvalue weighted by molar-refractivity contribution is 7.38. The number of hydrogen-bond donors (Lipinski definition) is 8. The fourth-order valence-corrected chi connectivity index (χ4v) is 0.474. The standard InChI is InChI=1S/2C3H9O3P.C2H2O4/c2*1-7-3(5,6)2-4;3-1(4)2(5)6/h2*4-7H,2H2,1H3;(H,3,4)(H,5,6). The van der Waals surface area contributed by atoms with Crippen molar-refractivity contribution in [3.63, 3.8) is 0 Å². The Morgan fingerprint density at radius 3 is 1.00 bits per heavy atom. The molecule has 0 aromatic carbocycles. The lowest BCUT2D eigenvalue weighted by molar-refractivity contribution is -0.159. The highest BCUT2D eigenvalue weighted by Gasteiger charge is 2.17. The molecule has 0 aromatic heterocycles. The third-order valence-corrected chi connectivity index (χ3v) is 3.34. The highest BCUT2D eigenvalue weighted by Crippen LogP contribution is 2.20. The van der Waals surface area contributed by atoms with Crippen LogP contribution in [0.25, 0.3) is 0 Å². The molecule has 0 fully saturated rings. The van der Waals surface area contributed by atoms with Crippen LogP contribution in [0, 0.1) is 0 Å². The van der Waals surface area contributed by atoms with Crippen molar-refractivity contribution in [2.45, 2.75) is 11.1 Å². The Morgan fingerprint density at radius 1 is 0.800 bits per heavy atom. The van der Waals surface area contributed by atoms with Crippen LogP contribution in [0.4, 0.5) is 0 Å². The van der Waals surface area contributed by atoms with Gasteiger partial charge in [0, 0.05) is 0 Å². The number of aliphatic hydroxyl groups excluding tert-OH is 2. The summed E-state index contributed by atoms with van der Waals surface area (Å²) in [6.07, 6.45) is 0.